The van der Waals surface area contributed by atoms with Gasteiger partial charge in [-0.1, -0.05) is 23.8 Å². The average molecular weight is 247 g/mol. The van der Waals surface area contributed by atoms with E-state index in [9.17, 15) is 4.79 Å². The molecule has 0 amide bonds. The number of nitrogens with one attached hydrogen (secondary N) is 1. The third-order valence-electron chi connectivity index (χ3n) is 2.93. The average Bonchev–Trinajstić information content (AvgIpc) is 2.31. The van der Waals surface area contributed by atoms with E-state index in [1.165, 1.54) is 12.7 Å². The molecule has 0 saturated carbocycles. The summed E-state index contributed by atoms with van der Waals surface area (Å²) in [5.74, 6) is -0.271. The molecule has 0 heterocycles. The topological polar surface area (TPSA) is 38.3 Å². The van der Waals surface area contributed by atoms with Gasteiger partial charge in [0, 0.05) is 6.54 Å². The van der Waals surface area contributed by atoms with E-state index in [0.717, 1.165) is 16.7 Å². The fourth-order valence-electron chi connectivity index (χ4n) is 2.27. The Kier molecular flexibility index (Phi) is 5.10. The Morgan fingerprint density at radius 1 is 1.39 bits per heavy atom. The third-order valence-corrected chi connectivity index (χ3v) is 2.93. The Labute approximate surface area is 109 Å². The van der Waals surface area contributed by atoms with Crippen LogP contribution in [-0.4, -0.2) is 19.6 Å². The number of carbonyl (C=O) groups is 1. The van der Waals surface area contributed by atoms with Crippen LogP contribution >= 0.6 is 0 Å². The monoisotopic (exact) mass is 247 g/mol. The normalized spacial score (nSPS) is 12.0. The molecule has 1 rings (SSSR count). The third kappa shape index (κ3) is 3.20. The summed E-state index contributed by atoms with van der Waals surface area (Å²) >= 11 is 0. The lowest BCUT2D eigenvalue weighted by molar-refractivity contribution is -0.143. The number of rotatable bonds is 5. The zero-order valence-electron chi connectivity index (χ0n) is 11.5. The highest BCUT2D eigenvalue weighted by atomic mass is 16.5. The van der Waals surface area contributed by atoms with E-state index >= 15 is 0 Å². The van der Waals surface area contributed by atoms with Gasteiger partial charge in [-0.05, 0) is 37.5 Å². The maximum Gasteiger partial charge on any atom is 0.327 e. The molecule has 1 aromatic carbocycles. The summed E-state index contributed by atoms with van der Waals surface area (Å²) in [5.41, 5.74) is 4.38. The van der Waals surface area contributed by atoms with Crippen LogP contribution in [0.5, 0.6) is 0 Å². The van der Waals surface area contributed by atoms with E-state index in [2.05, 4.69) is 24.0 Å². The summed E-state index contributed by atoms with van der Waals surface area (Å²) in [4.78, 5) is 11.9. The van der Waals surface area contributed by atoms with Gasteiger partial charge in [0.2, 0.25) is 0 Å². The number of benzene rings is 1. The Morgan fingerprint density at radius 2 is 1.94 bits per heavy atom. The van der Waals surface area contributed by atoms with Gasteiger partial charge in [-0.2, -0.15) is 0 Å². The van der Waals surface area contributed by atoms with Crippen molar-refractivity contribution in [3.05, 3.63) is 47.0 Å². The molecule has 0 bridgehead atoms. The zero-order valence-corrected chi connectivity index (χ0v) is 11.5. The van der Waals surface area contributed by atoms with Gasteiger partial charge in [0.15, 0.2) is 0 Å². The molecule has 0 aliphatic carbocycles. The Morgan fingerprint density at radius 3 is 2.39 bits per heavy atom. The second-order valence-corrected chi connectivity index (χ2v) is 4.47. The van der Waals surface area contributed by atoms with Crippen molar-refractivity contribution < 1.29 is 9.53 Å². The first-order valence-corrected chi connectivity index (χ1v) is 6.01. The van der Waals surface area contributed by atoms with Crippen molar-refractivity contribution in [1.29, 1.82) is 0 Å². The maximum atomic E-state index is 11.9. The lowest BCUT2D eigenvalue weighted by Crippen LogP contribution is -2.31. The van der Waals surface area contributed by atoms with Gasteiger partial charge in [-0.3, -0.25) is 5.32 Å². The predicted molar refractivity (Wildman–Crippen MR) is 73.6 cm³/mol. The molecular formula is C15H21NO2. The predicted octanol–water partition coefficient (Wildman–Crippen LogP) is 2.60. The molecule has 1 N–H and O–H groups in total. The van der Waals surface area contributed by atoms with Crippen LogP contribution in [0.2, 0.25) is 0 Å². The summed E-state index contributed by atoms with van der Waals surface area (Å²) in [6, 6.07) is 3.72. The fourth-order valence-corrected chi connectivity index (χ4v) is 2.27. The molecule has 0 spiro atoms. The van der Waals surface area contributed by atoms with Crippen molar-refractivity contribution in [2.45, 2.75) is 26.8 Å². The highest BCUT2D eigenvalue weighted by Crippen LogP contribution is 2.24. The first-order valence-electron chi connectivity index (χ1n) is 6.01. The van der Waals surface area contributed by atoms with Crippen LogP contribution in [0.3, 0.4) is 0 Å². The molecular weight excluding hydrogens is 226 g/mol. The molecule has 18 heavy (non-hydrogen) atoms. The summed E-state index contributed by atoms with van der Waals surface area (Å²) in [5, 5.41) is 3.14. The molecule has 0 aromatic heterocycles. The first kappa shape index (κ1) is 14.5. The number of ether oxygens (including phenoxy) is 1. The Hall–Kier alpha value is -1.61. The zero-order chi connectivity index (χ0) is 13.7. The summed E-state index contributed by atoms with van der Waals surface area (Å²) < 4.78 is 4.87. The lowest BCUT2D eigenvalue weighted by atomic mass is 9.94. The number of carbonyl (C=O) groups excluding carboxylic acids is 1. The molecule has 1 aromatic rings. The quantitative estimate of drug-likeness (QED) is 0.642. The van der Waals surface area contributed by atoms with Gasteiger partial charge >= 0.3 is 5.97 Å². The molecule has 1 unspecified atom stereocenters. The molecule has 0 aliphatic rings. The van der Waals surface area contributed by atoms with Gasteiger partial charge in [0.05, 0.1) is 7.11 Å². The van der Waals surface area contributed by atoms with Crippen LogP contribution in [-0.2, 0) is 9.53 Å². The second kappa shape index (κ2) is 6.36. The highest BCUT2D eigenvalue weighted by Gasteiger charge is 2.23. The van der Waals surface area contributed by atoms with Crippen molar-refractivity contribution in [2.24, 2.45) is 0 Å². The minimum atomic E-state index is -0.436. The van der Waals surface area contributed by atoms with E-state index in [1.807, 2.05) is 20.8 Å². The summed E-state index contributed by atoms with van der Waals surface area (Å²) in [7, 11) is 1.41. The first-order chi connectivity index (χ1) is 8.51. The standard InChI is InChI=1S/C15H21NO2/c1-6-7-16-14(15(17)18-5)13-11(3)8-10(2)9-12(13)4/h6,8-9,14,16H,1,7H2,2-5H3. The SMILES string of the molecule is C=CCNC(C(=O)OC)c1c(C)cc(C)cc1C. The molecule has 1 atom stereocenters. The van der Waals surface area contributed by atoms with Crippen LogP contribution in [0.15, 0.2) is 24.8 Å². The fraction of sp³-hybridized carbons (Fsp3) is 0.400. The molecule has 0 saturated heterocycles. The van der Waals surface area contributed by atoms with E-state index in [0.29, 0.717) is 6.54 Å². The Balaban J connectivity index is 3.19. The van der Waals surface area contributed by atoms with Gasteiger partial charge in [-0.25, -0.2) is 4.79 Å². The van der Waals surface area contributed by atoms with Gasteiger partial charge < -0.3 is 4.74 Å². The molecule has 0 aliphatic heterocycles. The number of hydrogen-bond donors (Lipinski definition) is 1. The number of esters is 1. The Bertz CT molecular complexity index is 429. The van der Waals surface area contributed by atoms with Crippen molar-refractivity contribution in [1.82, 2.24) is 5.32 Å². The maximum absolute atomic E-state index is 11.9. The van der Waals surface area contributed by atoms with Gasteiger partial charge in [0.1, 0.15) is 6.04 Å². The van der Waals surface area contributed by atoms with Crippen molar-refractivity contribution in [3.63, 3.8) is 0 Å². The van der Waals surface area contributed by atoms with Gasteiger partial charge in [-0.15, -0.1) is 6.58 Å². The van der Waals surface area contributed by atoms with Crippen LogP contribution in [0.1, 0.15) is 28.3 Å². The number of methoxy groups -OCH3 is 1. The van der Waals surface area contributed by atoms with Crippen molar-refractivity contribution in [3.8, 4) is 0 Å². The molecule has 3 nitrogen and oxygen atoms in total. The number of hydrogen-bond acceptors (Lipinski definition) is 3. The second-order valence-electron chi connectivity index (χ2n) is 4.47. The summed E-state index contributed by atoms with van der Waals surface area (Å²) in [6.45, 7) is 10.3. The van der Waals surface area contributed by atoms with Crippen molar-refractivity contribution in [2.75, 3.05) is 13.7 Å². The summed E-state index contributed by atoms with van der Waals surface area (Å²) in [6.07, 6.45) is 1.73. The van der Waals surface area contributed by atoms with E-state index in [1.54, 1.807) is 6.08 Å². The van der Waals surface area contributed by atoms with E-state index in [4.69, 9.17) is 4.74 Å². The van der Waals surface area contributed by atoms with Crippen molar-refractivity contribution >= 4 is 5.97 Å². The largest absolute Gasteiger partial charge is 0.468 e. The molecule has 3 heteroatoms. The molecule has 0 radical (unpaired) electrons. The van der Waals surface area contributed by atoms with Crippen LogP contribution < -0.4 is 5.32 Å². The van der Waals surface area contributed by atoms with Gasteiger partial charge in [0.25, 0.3) is 0 Å². The number of aryl methyl sites for hydroxylation is 3. The molecule has 98 valence electrons. The highest BCUT2D eigenvalue weighted by molar-refractivity contribution is 5.78. The van der Waals surface area contributed by atoms with E-state index < -0.39 is 6.04 Å². The van der Waals surface area contributed by atoms with Crippen LogP contribution in [0, 0.1) is 20.8 Å². The van der Waals surface area contributed by atoms with Crippen LogP contribution in [0.25, 0.3) is 0 Å². The lowest BCUT2D eigenvalue weighted by Gasteiger charge is -2.20. The van der Waals surface area contributed by atoms with Crippen LogP contribution in [0.4, 0.5) is 0 Å². The smallest absolute Gasteiger partial charge is 0.327 e. The minimum absolute atomic E-state index is 0.271. The minimum Gasteiger partial charge on any atom is -0.468 e. The molecule has 0 fully saturated rings. The van der Waals surface area contributed by atoms with E-state index in [-0.39, 0.29) is 5.97 Å².